The summed E-state index contributed by atoms with van der Waals surface area (Å²) in [6.45, 7) is 0. The van der Waals surface area contributed by atoms with Gasteiger partial charge in [0.05, 0.1) is 5.69 Å². The topological polar surface area (TPSA) is 29.4 Å². The summed E-state index contributed by atoms with van der Waals surface area (Å²) in [5.41, 5.74) is 5.28. The molecule has 2 aliphatic rings. The maximum Gasteiger partial charge on any atom is 0.146 e. The minimum atomic E-state index is 0.895. The molecule has 0 saturated carbocycles. The fourth-order valence-electron chi connectivity index (χ4n) is 2.37. The summed E-state index contributed by atoms with van der Waals surface area (Å²) >= 11 is 0. The number of allylic oxidation sites excluding steroid dienone is 2. The van der Waals surface area contributed by atoms with Crippen molar-refractivity contribution < 1.29 is 4.79 Å². The van der Waals surface area contributed by atoms with Crippen LogP contribution in [0.2, 0.25) is 0 Å². The second-order valence-electron chi connectivity index (χ2n) is 3.95. The molecule has 74 valence electrons. The molecule has 0 saturated heterocycles. The van der Waals surface area contributed by atoms with Crippen molar-refractivity contribution in [1.82, 2.24) is 0 Å². The molecule has 1 aromatic carbocycles. The van der Waals surface area contributed by atoms with Crippen LogP contribution in [0.5, 0.6) is 0 Å². The van der Waals surface area contributed by atoms with Gasteiger partial charge in [-0.3, -0.25) is 9.79 Å². The van der Waals surface area contributed by atoms with Crippen molar-refractivity contribution in [2.45, 2.75) is 19.3 Å². The van der Waals surface area contributed by atoms with Crippen molar-refractivity contribution in [3.8, 4) is 0 Å². The van der Waals surface area contributed by atoms with E-state index >= 15 is 0 Å². The molecule has 0 bridgehead atoms. The molecule has 2 nitrogen and oxygen atoms in total. The van der Waals surface area contributed by atoms with Crippen molar-refractivity contribution in [2.75, 3.05) is 0 Å². The molecule has 0 spiro atoms. The van der Waals surface area contributed by atoms with E-state index in [1.54, 1.807) is 0 Å². The zero-order valence-corrected chi connectivity index (χ0v) is 8.36. The Balaban J connectivity index is 2.28. The fourth-order valence-corrected chi connectivity index (χ4v) is 2.37. The first-order valence-corrected chi connectivity index (χ1v) is 5.26. The number of nitrogens with zero attached hydrogens (tertiary/aromatic N) is 1. The van der Waals surface area contributed by atoms with E-state index in [-0.39, 0.29) is 0 Å². The number of hydrogen-bond acceptors (Lipinski definition) is 2. The van der Waals surface area contributed by atoms with Crippen LogP contribution in [0.15, 0.2) is 34.8 Å². The van der Waals surface area contributed by atoms with Gasteiger partial charge >= 0.3 is 0 Å². The second kappa shape index (κ2) is 3.16. The lowest BCUT2D eigenvalue weighted by Gasteiger charge is -2.14. The van der Waals surface area contributed by atoms with Crippen molar-refractivity contribution in [2.24, 2.45) is 4.99 Å². The number of hydrogen-bond donors (Lipinski definition) is 0. The average molecular weight is 197 g/mol. The quantitative estimate of drug-likeness (QED) is 0.636. The summed E-state index contributed by atoms with van der Waals surface area (Å²) in [5, 5.41) is 0. The van der Waals surface area contributed by atoms with Gasteiger partial charge in [0.25, 0.3) is 0 Å². The number of rotatable bonds is 1. The molecule has 1 heterocycles. The molecular formula is C13H11NO. The Morgan fingerprint density at radius 1 is 1.20 bits per heavy atom. The van der Waals surface area contributed by atoms with Gasteiger partial charge in [-0.05, 0) is 25.3 Å². The van der Waals surface area contributed by atoms with E-state index in [2.05, 4.69) is 11.1 Å². The lowest BCUT2D eigenvalue weighted by atomic mass is 9.88. The molecule has 0 aromatic heterocycles. The highest BCUT2D eigenvalue weighted by atomic mass is 16.1. The first-order chi connectivity index (χ1) is 7.40. The minimum absolute atomic E-state index is 0.895. The zero-order valence-electron chi connectivity index (χ0n) is 8.36. The lowest BCUT2D eigenvalue weighted by Crippen LogP contribution is -2.08. The molecule has 0 amide bonds. The molecule has 1 aliphatic carbocycles. The zero-order chi connectivity index (χ0) is 10.3. The van der Waals surface area contributed by atoms with E-state index in [0.29, 0.717) is 0 Å². The third kappa shape index (κ3) is 1.18. The number of carbonyl (C=O) groups excluding carboxylic acids is 1. The molecule has 15 heavy (non-hydrogen) atoms. The van der Waals surface area contributed by atoms with Gasteiger partial charge in [-0.2, -0.15) is 0 Å². The van der Waals surface area contributed by atoms with Gasteiger partial charge in [-0.15, -0.1) is 0 Å². The van der Waals surface area contributed by atoms with Crippen LogP contribution >= 0.6 is 0 Å². The van der Waals surface area contributed by atoms with Crippen molar-refractivity contribution in [3.05, 3.63) is 35.4 Å². The van der Waals surface area contributed by atoms with Gasteiger partial charge in [0.15, 0.2) is 0 Å². The highest BCUT2D eigenvalue weighted by molar-refractivity contribution is 6.32. The van der Waals surface area contributed by atoms with Crippen LogP contribution in [0.3, 0.4) is 0 Å². The first-order valence-electron chi connectivity index (χ1n) is 5.26. The summed E-state index contributed by atoms with van der Waals surface area (Å²) in [7, 11) is 0. The van der Waals surface area contributed by atoms with E-state index in [4.69, 9.17) is 0 Å². The Kier molecular flexibility index (Phi) is 1.81. The Hall–Kier alpha value is -1.70. The number of para-hydroxylation sites is 1. The van der Waals surface area contributed by atoms with Gasteiger partial charge in [-0.1, -0.05) is 18.2 Å². The number of aliphatic imine (C=N–C) groups is 1. The van der Waals surface area contributed by atoms with Crippen molar-refractivity contribution >= 4 is 23.3 Å². The van der Waals surface area contributed by atoms with Crippen LogP contribution in [-0.2, 0) is 4.79 Å². The minimum Gasteiger partial charge on any atom is -0.298 e. The third-order valence-electron chi connectivity index (χ3n) is 3.04. The Bertz CT molecular complexity index is 497. The van der Waals surface area contributed by atoms with Gasteiger partial charge in [0, 0.05) is 22.4 Å². The van der Waals surface area contributed by atoms with Crippen LogP contribution in [-0.4, -0.2) is 12.0 Å². The van der Waals surface area contributed by atoms with Gasteiger partial charge in [0.1, 0.15) is 6.29 Å². The molecule has 2 heteroatoms. The number of aldehydes is 1. The van der Waals surface area contributed by atoms with Gasteiger partial charge in [0.2, 0.25) is 0 Å². The highest BCUT2D eigenvalue weighted by Gasteiger charge is 2.26. The molecule has 0 radical (unpaired) electrons. The molecule has 1 aliphatic heterocycles. The maximum absolute atomic E-state index is 11.0. The first kappa shape index (κ1) is 8.60. The van der Waals surface area contributed by atoms with Crippen LogP contribution in [0.4, 0.5) is 5.69 Å². The predicted molar refractivity (Wildman–Crippen MR) is 60.4 cm³/mol. The standard InChI is InChI=1S/C13H11NO/c15-8-9-4-3-7-12-13(9)10-5-1-2-6-11(10)14-12/h1-2,5-6,8H,3-4,7H2. The summed E-state index contributed by atoms with van der Waals surface area (Å²) < 4.78 is 0. The monoisotopic (exact) mass is 197 g/mol. The molecule has 0 N–H and O–H groups in total. The number of carbonyl (C=O) groups is 1. The highest BCUT2D eigenvalue weighted by Crippen LogP contribution is 2.40. The van der Waals surface area contributed by atoms with E-state index in [1.807, 2.05) is 18.2 Å². The van der Waals surface area contributed by atoms with E-state index in [0.717, 1.165) is 53.7 Å². The molecule has 0 fully saturated rings. The molecule has 0 atom stereocenters. The second-order valence-corrected chi connectivity index (χ2v) is 3.95. The van der Waals surface area contributed by atoms with Crippen molar-refractivity contribution in [3.63, 3.8) is 0 Å². The molecular weight excluding hydrogens is 186 g/mol. The van der Waals surface area contributed by atoms with Crippen molar-refractivity contribution in [1.29, 1.82) is 0 Å². The molecule has 0 unspecified atom stereocenters. The van der Waals surface area contributed by atoms with Gasteiger partial charge < -0.3 is 0 Å². The van der Waals surface area contributed by atoms with Crippen LogP contribution in [0.25, 0.3) is 5.57 Å². The summed E-state index contributed by atoms with van der Waals surface area (Å²) in [5.74, 6) is 0. The maximum atomic E-state index is 11.0. The molecule has 3 rings (SSSR count). The largest absolute Gasteiger partial charge is 0.298 e. The predicted octanol–water partition coefficient (Wildman–Crippen LogP) is 2.91. The molecule has 1 aromatic rings. The fraction of sp³-hybridized carbons (Fsp3) is 0.231. The SMILES string of the molecule is O=CC1=C2C(=Nc3ccccc32)CCC1. The van der Waals surface area contributed by atoms with E-state index in [1.165, 1.54) is 0 Å². The van der Waals surface area contributed by atoms with Crippen LogP contribution in [0.1, 0.15) is 24.8 Å². The smallest absolute Gasteiger partial charge is 0.146 e. The summed E-state index contributed by atoms with van der Waals surface area (Å²) in [6.07, 6.45) is 3.93. The Morgan fingerprint density at radius 3 is 2.93 bits per heavy atom. The van der Waals surface area contributed by atoms with E-state index < -0.39 is 0 Å². The van der Waals surface area contributed by atoms with E-state index in [9.17, 15) is 4.79 Å². The lowest BCUT2D eigenvalue weighted by molar-refractivity contribution is -0.105. The average Bonchev–Trinajstić information content (AvgIpc) is 2.67. The summed E-state index contributed by atoms with van der Waals surface area (Å²) in [4.78, 5) is 15.6. The Morgan fingerprint density at radius 2 is 2.07 bits per heavy atom. The van der Waals surface area contributed by atoms with Crippen LogP contribution in [0, 0.1) is 0 Å². The Labute approximate surface area is 88.3 Å². The number of fused-ring (bicyclic) bond motifs is 3. The third-order valence-corrected chi connectivity index (χ3v) is 3.04. The summed E-state index contributed by atoms with van der Waals surface area (Å²) in [6, 6.07) is 8.05. The van der Waals surface area contributed by atoms with Gasteiger partial charge in [-0.25, -0.2) is 0 Å². The number of benzene rings is 1. The van der Waals surface area contributed by atoms with Crippen LogP contribution < -0.4 is 0 Å². The normalized spacial score (nSPS) is 18.3.